The molecule has 0 spiro atoms. The Morgan fingerprint density at radius 1 is 1.04 bits per heavy atom. The standard InChI is InChI=1S/C20H18ClN5S/c1-26(2)20-23-16(12-27-20)11-17-18(13-7-9-22-10-8-13)19(25-24-17)14-3-5-15(21)6-4-14/h3-10,12H,11H2,1-2H3,(H,24,25). The second-order valence-electron chi connectivity index (χ2n) is 6.36. The van der Waals surface area contributed by atoms with Crippen LogP contribution in [0, 0.1) is 0 Å². The van der Waals surface area contributed by atoms with Crippen LogP contribution in [-0.2, 0) is 6.42 Å². The molecule has 5 nitrogen and oxygen atoms in total. The molecular formula is C20H18ClN5S. The van der Waals surface area contributed by atoms with E-state index >= 15 is 0 Å². The molecule has 7 heteroatoms. The van der Waals surface area contributed by atoms with Crippen molar-refractivity contribution >= 4 is 28.1 Å². The van der Waals surface area contributed by atoms with Crippen molar-refractivity contribution in [2.75, 3.05) is 19.0 Å². The summed E-state index contributed by atoms with van der Waals surface area (Å²) in [5.41, 5.74) is 6.10. The molecule has 0 aliphatic carbocycles. The van der Waals surface area contributed by atoms with Crippen LogP contribution in [-0.4, -0.2) is 34.3 Å². The number of anilines is 1. The number of aromatic nitrogens is 4. The highest BCUT2D eigenvalue weighted by Gasteiger charge is 2.18. The summed E-state index contributed by atoms with van der Waals surface area (Å²) in [5, 5.41) is 11.6. The molecule has 27 heavy (non-hydrogen) atoms. The number of halogens is 1. The largest absolute Gasteiger partial charge is 0.354 e. The molecular weight excluding hydrogens is 378 g/mol. The predicted molar refractivity (Wildman–Crippen MR) is 112 cm³/mol. The van der Waals surface area contributed by atoms with Gasteiger partial charge < -0.3 is 4.90 Å². The van der Waals surface area contributed by atoms with E-state index in [9.17, 15) is 0 Å². The number of hydrogen-bond acceptors (Lipinski definition) is 5. The van der Waals surface area contributed by atoms with Gasteiger partial charge >= 0.3 is 0 Å². The van der Waals surface area contributed by atoms with Gasteiger partial charge in [-0.1, -0.05) is 23.7 Å². The van der Waals surface area contributed by atoms with Crippen LogP contribution in [0.25, 0.3) is 22.4 Å². The van der Waals surface area contributed by atoms with Crippen molar-refractivity contribution < 1.29 is 0 Å². The van der Waals surface area contributed by atoms with E-state index in [4.69, 9.17) is 16.6 Å². The number of aromatic amines is 1. The van der Waals surface area contributed by atoms with E-state index in [0.717, 1.165) is 38.9 Å². The van der Waals surface area contributed by atoms with E-state index in [-0.39, 0.29) is 0 Å². The summed E-state index contributed by atoms with van der Waals surface area (Å²) in [6.45, 7) is 0. The van der Waals surface area contributed by atoms with Crippen LogP contribution in [0.2, 0.25) is 5.02 Å². The maximum absolute atomic E-state index is 6.05. The third-order valence-electron chi connectivity index (χ3n) is 4.21. The molecule has 1 N–H and O–H groups in total. The molecule has 0 aliphatic heterocycles. The molecule has 0 aliphatic rings. The first-order valence-electron chi connectivity index (χ1n) is 8.47. The lowest BCUT2D eigenvalue weighted by atomic mass is 9.98. The average Bonchev–Trinajstić information content (AvgIpc) is 3.31. The zero-order valence-corrected chi connectivity index (χ0v) is 16.6. The quantitative estimate of drug-likeness (QED) is 0.521. The monoisotopic (exact) mass is 395 g/mol. The molecule has 4 aromatic rings. The van der Waals surface area contributed by atoms with Crippen LogP contribution >= 0.6 is 22.9 Å². The Kier molecular flexibility index (Phi) is 4.92. The lowest BCUT2D eigenvalue weighted by Gasteiger charge is -2.07. The second-order valence-corrected chi connectivity index (χ2v) is 7.63. The predicted octanol–water partition coefficient (Wildman–Crippen LogP) is 4.91. The van der Waals surface area contributed by atoms with Crippen LogP contribution in [0.5, 0.6) is 0 Å². The molecule has 0 saturated carbocycles. The molecule has 0 radical (unpaired) electrons. The number of thiazole rings is 1. The average molecular weight is 396 g/mol. The first-order valence-corrected chi connectivity index (χ1v) is 9.73. The van der Waals surface area contributed by atoms with Crippen molar-refractivity contribution in [3.63, 3.8) is 0 Å². The Balaban J connectivity index is 1.78. The van der Waals surface area contributed by atoms with Crippen molar-refractivity contribution in [1.29, 1.82) is 0 Å². The van der Waals surface area contributed by atoms with Gasteiger partial charge in [-0.05, 0) is 29.8 Å². The van der Waals surface area contributed by atoms with Crippen LogP contribution < -0.4 is 4.90 Å². The summed E-state index contributed by atoms with van der Waals surface area (Å²) >= 11 is 7.69. The molecule has 0 fully saturated rings. The van der Waals surface area contributed by atoms with Crippen molar-refractivity contribution in [2.45, 2.75) is 6.42 Å². The van der Waals surface area contributed by atoms with Gasteiger partial charge in [-0.2, -0.15) is 5.10 Å². The van der Waals surface area contributed by atoms with E-state index in [1.807, 2.05) is 55.4 Å². The molecule has 1 aromatic carbocycles. The minimum atomic E-state index is 0.683. The van der Waals surface area contributed by atoms with E-state index in [1.54, 1.807) is 23.7 Å². The van der Waals surface area contributed by atoms with E-state index in [2.05, 4.69) is 20.6 Å². The maximum atomic E-state index is 6.05. The highest BCUT2D eigenvalue weighted by Crippen LogP contribution is 2.34. The highest BCUT2D eigenvalue weighted by atomic mass is 35.5. The molecule has 136 valence electrons. The summed E-state index contributed by atoms with van der Waals surface area (Å²) in [4.78, 5) is 10.9. The normalized spacial score (nSPS) is 10.9. The Labute approximate surface area is 166 Å². The summed E-state index contributed by atoms with van der Waals surface area (Å²) in [7, 11) is 4.00. The number of nitrogens with zero attached hydrogens (tertiary/aromatic N) is 4. The first kappa shape index (κ1) is 17.7. The van der Waals surface area contributed by atoms with Gasteiger partial charge in [0.15, 0.2) is 5.13 Å². The zero-order chi connectivity index (χ0) is 18.8. The first-order chi connectivity index (χ1) is 13.1. The van der Waals surface area contributed by atoms with Crippen molar-refractivity contribution in [3.05, 3.63) is 70.6 Å². The Bertz CT molecular complexity index is 1040. The second kappa shape index (κ2) is 7.50. The molecule has 3 aromatic heterocycles. The number of rotatable bonds is 5. The van der Waals surface area contributed by atoms with Crippen molar-refractivity contribution in [1.82, 2.24) is 20.2 Å². The topological polar surface area (TPSA) is 57.7 Å². The van der Waals surface area contributed by atoms with E-state index in [0.29, 0.717) is 11.4 Å². The molecule has 0 bridgehead atoms. The molecule has 0 amide bonds. The summed E-state index contributed by atoms with van der Waals surface area (Å²) in [5.74, 6) is 0. The third kappa shape index (κ3) is 3.72. The Morgan fingerprint density at radius 3 is 2.44 bits per heavy atom. The zero-order valence-electron chi connectivity index (χ0n) is 15.0. The van der Waals surface area contributed by atoms with Gasteiger partial charge in [-0.3, -0.25) is 10.1 Å². The molecule has 0 saturated heterocycles. The van der Waals surface area contributed by atoms with Gasteiger partial charge in [0.2, 0.25) is 0 Å². The third-order valence-corrected chi connectivity index (χ3v) is 5.52. The lowest BCUT2D eigenvalue weighted by Crippen LogP contribution is -2.08. The molecule has 3 heterocycles. The number of benzene rings is 1. The van der Waals surface area contributed by atoms with Crippen LogP contribution in [0.3, 0.4) is 0 Å². The number of nitrogens with one attached hydrogen (secondary N) is 1. The van der Waals surface area contributed by atoms with Gasteiger partial charge in [0.1, 0.15) is 5.69 Å². The lowest BCUT2D eigenvalue weighted by molar-refractivity contribution is 0.971. The van der Waals surface area contributed by atoms with Crippen molar-refractivity contribution in [2.24, 2.45) is 0 Å². The SMILES string of the molecule is CN(C)c1nc(Cc2[nH]nc(-c3ccc(Cl)cc3)c2-c2ccncc2)cs1. The maximum Gasteiger partial charge on any atom is 0.184 e. The van der Waals surface area contributed by atoms with Gasteiger partial charge in [0.05, 0.1) is 5.69 Å². The van der Waals surface area contributed by atoms with Crippen LogP contribution in [0.1, 0.15) is 11.4 Å². The van der Waals surface area contributed by atoms with Gasteiger partial charge in [-0.15, -0.1) is 11.3 Å². The summed E-state index contributed by atoms with van der Waals surface area (Å²) < 4.78 is 0. The number of pyridine rings is 1. The minimum absolute atomic E-state index is 0.683. The highest BCUT2D eigenvalue weighted by molar-refractivity contribution is 7.13. The number of hydrogen-bond donors (Lipinski definition) is 1. The van der Waals surface area contributed by atoms with Crippen LogP contribution in [0.4, 0.5) is 5.13 Å². The van der Waals surface area contributed by atoms with Crippen molar-refractivity contribution in [3.8, 4) is 22.4 Å². The fourth-order valence-electron chi connectivity index (χ4n) is 2.92. The number of H-pyrrole nitrogens is 1. The van der Waals surface area contributed by atoms with Gasteiger partial charge in [-0.25, -0.2) is 4.98 Å². The smallest absolute Gasteiger partial charge is 0.184 e. The fraction of sp³-hybridized carbons (Fsp3) is 0.150. The van der Waals surface area contributed by atoms with Crippen LogP contribution in [0.15, 0.2) is 54.2 Å². The minimum Gasteiger partial charge on any atom is -0.354 e. The Morgan fingerprint density at radius 2 is 1.78 bits per heavy atom. The Hall–Kier alpha value is -2.70. The van der Waals surface area contributed by atoms with E-state index in [1.165, 1.54) is 0 Å². The van der Waals surface area contributed by atoms with Gasteiger partial charge in [0, 0.05) is 60.1 Å². The summed E-state index contributed by atoms with van der Waals surface area (Å²) in [6, 6.07) is 11.7. The molecule has 0 unspecified atom stereocenters. The van der Waals surface area contributed by atoms with Gasteiger partial charge in [0.25, 0.3) is 0 Å². The fourth-order valence-corrected chi connectivity index (χ4v) is 3.80. The summed E-state index contributed by atoms with van der Waals surface area (Å²) in [6.07, 6.45) is 4.28. The molecule has 0 atom stereocenters. The van der Waals surface area contributed by atoms with E-state index < -0.39 is 0 Å². The molecule has 4 rings (SSSR count).